The van der Waals surface area contributed by atoms with Crippen molar-refractivity contribution in [3.8, 4) is 5.75 Å². The molecule has 26 heavy (non-hydrogen) atoms. The van der Waals surface area contributed by atoms with Crippen molar-refractivity contribution in [1.29, 1.82) is 0 Å². The van der Waals surface area contributed by atoms with Gasteiger partial charge in [0.05, 0.1) is 7.11 Å². The van der Waals surface area contributed by atoms with Gasteiger partial charge in [0.15, 0.2) is 5.96 Å². The molecule has 1 unspecified atom stereocenters. The highest BCUT2D eigenvalue weighted by atomic mass is 19.4. The van der Waals surface area contributed by atoms with Crippen LogP contribution in [0.1, 0.15) is 18.1 Å². The highest BCUT2D eigenvalue weighted by Crippen LogP contribution is 2.25. The van der Waals surface area contributed by atoms with Crippen molar-refractivity contribution in [3.05, 3.63) is 29.3 Å². The van der Waals surface area contributed by atoms with Crippen LogP contribution in [0.2, 0.25) is 0 Å². The number of aliphatic imine (C=N–C) groups is 1. The smallest absolute Gasteiger partial charge is 0.403 e. The lowest BCUT2D eigenvalue weighted by molar-refractivity contribution is -0.181. The molecule has 1 fully saturated rings. The average molecular weight is 372 g/mol. The minimum Gasteiger partial charge on any atom is -0.496 e. The summed E-state index contributed by atoms with van der Waals surface area (Å²) in [6, 6.07) is 4.53. The van der Waals surface area contributed by atoms with E-state index < -0.39 is 12.2 Å². The topological polar surface area (TPSA) is 40.1 Å². The molecule has 0 amide bonds. The number of rotatable bonds is 4. The van der Waals surface area contributed by atoms with Gasteiger partial charge in [-0.15, -0.1) is 0 Å². The zero-order valence-electron chi connectivity index (χ0n) is 15.7. The number of guanidine groups is 1. The van der Waals surface area contributed by atoms with Gasteiger partial charge in [-0.2, -0.15) is 13.2 Å². The lowest BCUT2D eigenvalue weighted by Gasteiger charge is -2.39. The second-order valence-corrected chi connectivity index (χ2v) is 6.45. The molecule has 1 aromatic rings. The Morgan fingerprint density at radius 3 is 2.42 bits per heavy atom. The maximum Gasteiger partial charge on any atom is 0.403 e. The third-order valence-corrected chi connectivity index (χ3v) is 4.76. The number of hydrogen-bond acceptors (Lipinski definition) is 3. The zero-order valence-corrected chi connectivity index (χ0v) is 15.7. The monoisotopic (exact) mass is 372 g/mol. The number of benzene rings is 1. The summed E-state index contributed by atoms with van der Waals surface area (Å²) in [5.41, 5.74) is 2.14. The maximum atomic E-state index is 12.9. The fourth-order valence-corrected chi connectivity index (χ4v) is 3.09. The van der Waals surface area contributed by atoms with Crippen molar-refractivity contribution < 1.29 is 17.9 Å². The highest BCUT2D eigenvalue weighted by Gasteiger charge is 2.41. The normalized spacial score (nSPS) is 18.0. The molecule has 0 aromatic heterocycles. The second kappa shape index (κ2) is 8.62. The molecule has 1 aliphatic rings. The van der Waals surface area contributed by atoms with Gasteiger partial charge in [0.25, 0.3) is 0 Å². The molecule has 0 radical (unpaired) electrons. The first kappa shape index (κ1) is 20.4. The Kier molecular flexibility index (Phi) is 6.75. The van der Waals surface area contributed by atoms with Gasteiger partial charge in [-0.05, 0) is 31.0 Å². The van der Waals surface area contributed by atoms with E-state index in [1.54, 1.807) is 14.2 Å². The molecular formula is C18H27F3N4O. The number of hydrogen-bond donors (Lipinski definition) is 1. The Morgan fingerprint density at radius 1 is 1.27 bits per heavy atom. The number of methoxy groups -OCH3 is 1. The summed E-state index contributed by atoms with van der Waals surface area (Å²) in [4.78, 5) is 7.73. The van der Waals surface area contributed by atoms with Crippen LogP contribution < -0.4 is 10.1 Å². The minimum atomic E-state index is -4.19. The van der Waals surface area contributed by atoms with Gasteiger partial charge in [-0.25, -0.2) is 0 Å². The Balaban J connectivity index is 1.89. The Labute approximate surface area is 152 Å². The van der Waals surface area contributed by atoms with E-state index >= 15 is 0 Å². The van der Waals surface area contributed by atoms with Gasteiger partial charge >= 0.3 is 6.18 Å². The first-order chi connectivity index (χ1) is 12.3. The lowest BCUT2D eigenvalue weighted by Crippen LogP contribution is -2.56. The molecule has 1 N–H and O–H groups in total. The molecule has 1 aromatic carbocycles. The fraction of sp³-hybridized carbons (Fsp3) is 0.611. The fourth-order valence-electron chi connectivity index (χ4n) is 3.09. The Hall–Kier alpha value is -1.96. The van der Waals surface area contributed by atoms with Gasteiger partial charge in [-0.3, -0.25) is 9.89 Å². The predicted octanol–water partition coefficient (Wildman–Crippen LogP) is 2.65. The second-order valence-electron chi connectivity index (χ2n) is 6.45. The van der Waals surface area contributed by atoms with Crippen LogP contribution >= 0.6 is 0 Å². The molecule has 1 heterocycles. The standard InChI is InChI=1S/C18H27F3N4O/c1-13-11-15(5-6-16(13)26-4)12-23-17(22-3)25-9-7-24(8-10-25)14(2)18(19,20)21/h5-6,11,14H,7-10,12H2,1-4H3,(H,22,23). The molecule has 1 saturated heterocycles. The van der Waals surface area contributed by atoms with Crippen LogP contribution in [0, 0.1) is 6.92 Å². The predicted molar refractivity (Wildman–Crippen MR) is 96.6 cm³/mol. The summed E-state index contributed by atoms with van der Waals surface area (Å²) in [5.74, 6) is 1.55. The molecule has 0 spiro atoms. The molecule has 0 saturated carbocycles. The van der Waals surface area contributed by atoms with Crippen molar-refractivity contribution >= 4 is 5.96 Å². The van der Waals surface area contributed by atoms with E-state index in [4.69, 9.17) is 4.74 Å². The average Bonchev–Trinajstić information content (AvgIpc) is 2.61. The summed E-state index contributed by atoms with van der Waals surface area (Å²) in [5, 5.41) is 3.29. The minimum absolute atomic E-state index is 0.364. The quantitative estimate of drug-likeness (QED) is 0.652. The van der Waals surface area contributed by atoms with E-state index in [-0.39, 0.29) is 0 Å². The van der Waals surface area contributed by atoms with Crippen LogP contribution in [0.15, 0.2) is 23.2 Å². The summed E-state index contributed by atoms with van der Waals surface area (Å²) < 4.78 is 43.8. The van der Waals surface area contributed by atoms with Gasteiger partial charge in [0, 0.05) is 39.8 Å². The molecule has 2 rings (SSSR count). The van der Waals surface area contributed by atoms with Crippen LogP contribution in [0.25, 0.3) is 0 Å². The van der Waals surface area contributed by atoms with Crippen molar-refractivity contribution in [1.82, 2.24) is 15.1 Å². The van der Waals surface area contributed by atoms with Gasteiger partial charge < -0.3 is 15.0 Å². The number of nitrogens with one attached hydrogen (secondary N) is 1. The highest BCUT2D eigenvalue weighted by molar-refractivity contribution is 5.80. The van der Waals surface area contributed by atoms with Crippen molar-refractivity contribution in [2.24, 2.45) is 4.99 Å². The van der Waals surface area contributed by atoms with Crippen molar-refractivity contribution in [2.45, 2.75) is 32.6 Å². The summed E-state index contributed by atoms with van der Waals surface area (Å²) >= 11 is 0. The number of nitrogens with zero attached hydrogens (tertiary/aromatic N) is 3. The van der Waals surface area contributed by atoms with Crippen LogP contribution in [0.3, 0.4) is 0 Å². The number of aryl methyl sites for hydroxylation is 1. The van der Waals surface area contributed by atoms with E-state index in [0.717, 1.165) is 16.9 Å². The van der Waals surface area contributed by atoms with E-state index in [1.165, 1.54) is 11.8 Å². The molecule has 0 bridgehead atoms. The molecule has 8 heteroatoms. The Bertz CT molecular complexity index is 625. The van der Waals surface area contributed by atoms with E-state index in [1.807, 2.05) is 30.0 Å². The molecule has 0 aliphatic carbocycles. The van der Waals surface area contributed by atoms with Gasteiger partial charge in [0.1, 0.15) is 11.8 Å². The van der Waals surface area contributed by atoms with Gasteiger partial charge in [0.2, 0.25) is 0 Å². The summed E-state index contributed by atoms with van der Waals surface area (Å²) in [6.07, 6.45) is -4.19. The third kappa shape index (κ3) is 5.03. The summed E-state index contributed by atoms with van der Waals surface area (Å²) in [6.45, 7) is 5.55. The third-order valence-electron chi connectivity index (χ3n) is 4.76. The van der Waals surface area contributed by atoms with Crippen LogP contribution in [-0.2, 0) is 6.54 Å². The molecular weight excluding hydrogens is 345 g/mol. The largest absolute Gasteiger partial charge is 0.496 e. The lowest BCUT2D eigenvalue weighted by atomic mass is 10.1. The van der Waals surface area contributed by atoms with E-state index in [2.05, 4.69) is 10.3 Å². The number of piperazine rings is 1. The first-order valence-corrected chi connectivity index (χ1v) is 8.66. The van der Waals surface area contributed by atoms with Crippen LogP contribution in [0.4, 0.5) is 13.2 Å². The van der Waals surface area contributed by atoms with Crippen molar-refractivity contribution in [3.63, 3.8) is 0 Å². The van der Waals surface area contributed by atoms with Crippen LogP contribution in [-0.4, -0.2) is 68.3 Å². The Morgan fingerprint density at radius 2 is 1.92 bits per heavy atom. The SMILES string of the molecule is CN=C(NCc1ccc(OC)c(C)c1)N1CCN(C(C)C(F)(F)F)CC1. The molecule has 1 aliphatic heterocycles. The van der Waals surface area contributed by atoms with E-state index in [9.17, 15) is 13.2 Å². The number of halogens is 3. The zero-order chi connectivity index (χ0) is 19.3. The number of alkyl halides is 3. The molecule has 5 nitrogen and oxygen atoms in total. The molecule has 146 valence electrons. The van der Waals surface area contributed by atoms with Gasteiger partial charge in [-0.1, -0.05) is 12.1 Å². The summed E-state index contributed by atoms with van der Waals surface area (Å²) in [7, 11) is 3.33. The first-order valence-electron chi connectivity index (χ1n) is 8.66. The van der Waals surface area contributed by atoms with Crippen LogP contribution in [0.5, 0.6) is 5.75 Å². The maximum absolute atomic E-state index is 12.9. The van der Waals surface area contributed by atoms with E-state index in [0.29, 0.717) is 38.7 Å². The number of ether oxygens (including phenoxy) is 1. The molecule has 1 atom stereocenters. The van der Waals surface area contributed by atoms with Crippen molar-refractivity contribution in [2.75, 3.05) is 40.3 Å².